The molecule has 0 radical (unpaired) electrons. The van der Waals surface area contributed by atoms with E-state index in [0.717, 1.165) is 62.1 Å². The number of carboxylic acids is 3. The minimum absolute atomic E-state index is 0.00685. The first-order valence-electron chi connectivity index (χ1n) is 31.9. The molecule has 0 unspecified atom stereocenters. The second-order valence-electron chi connectivity index (χ2n) is 23.6. The average molecular weight is 1470 g/mol. The number of ketones is 3. The van der Waals surface area contributed by atoms with Gasteiger partial charge in [-0.05, 0) is 105 Å². The molecule has 36 nitrogen and oxygen atoms in total. The van der Waals surface area contributed by atoms with Gasteiger partial charge in [0, 0.05) is 76.2 Å². The van der Waals surface area contributed by atoms with E-state index in [9.17, 15) is 42.7 Å². The lowest BCUT2D eigenvalue weighted by Crippen LogP contribution is -2.12. The summed E-state index contributed by atoms with van der Waals surface area (Å²) < 4.78 is 35.2. The van der Waals surface area contributed by atoms with Gasteiger partial charge in [0.1, 0.15) is 84.2 Å². The van der Waals surface area contributed by atoms with Crippen molar-refractivity contribution in [3.8, 4) is 67.5 Å². The molecule has 0 bridgehead atoms. The largest absolute Gasteiger partial charge is 0.477 e. The van der Waals surface area contributed by atoms with Gasteiger partial charge in [-0.1, -0.05) is 0 Å². The first-order valence-corrected chi connectivity index (χ1v) is 31.9. The normalized spacial score (nSPS) is 10.6. The molecule has 12 aromatic rings. The van der Waals surface area contributed by atoms with Gasteiger partial charge >= 0.3 is 17.9 Å². The zero-order valence-corrected chi connectivity index (χ0v) is 61.5. The monoisotopic (exact) mass is 1470 g/mol. The Morgan fingerprint density at radius 3 is 0.822 bits per heavy atom. The number of halogens is 2. The molecular weight excluding hydrogens is 1390 g/mol. The van der Waals surface area contributed by atoms with Crippen molar-refractivity contribution < 1.29 is 68.2 Å². The number of aliphatic hydroxyl groups is 3. The lowest BCUT2D eigenvalue weighted by molar-refractivity contribution is 0.0675. The number of hydrogen-bond donors (Lipinski definition) is 6. The van der Waals surface area contributed by atoms with Gasteiger partial charge in [-0.3, -0.25) is 42.5 Å². The Balaban J connectivity index is 0.000000179. The number of aryl methyl sites for hydroxylation is 14. The van der Waals surface area contributed by atoms with E-state index in [-0.39, 0.29) is 56.9 Å². The van der Waals surface area contributed by atoms with Crippen LogP contribution in [0.1, 0.15) is 131 Å². The van der Waals surface area contributed by atoms with Crippen molar-refractivity contribution in [3.63, 3.8) is 0 Å². The lowest BCUT2D eigenvalue weighted by atomic mass is 10.0. The molecule has 0 aromatic carbocycles. The molecule has 0 amide bonds. The van der Waals surface area contributed by atoms with Gasteiger partial charge in [-0.25, -0.2) is 83.0 Å². The average Bonchev–Trinajstić information content (AvgIpc) is 1.61. The number of rotatable bonds is 15. The fourth-order valence-electron chi connectivity index (χ4n) is 10.6. The van der Waals surface area contributed by atoms with Crippen molar-refractivity contribution in [2.45, 2.75) is 83.1 Å². The molecule has 38 heteroatoms. The molecule has 0 fully saturated rings. The van der Waals surface area contributed by atoms with Gasteiger partial charge in [-0.2, -0.15) is 30.6 Å². The van der Waals surface area contributed by atoms with Gasteiger partial charge in [0.2, 0.25) is 17.3 Å². The lowest BCUT2D eigenvalue weighted by Gasteiger charge is -2.09. The molecule has 0 spiro atoms. The summed E-state index contributed by atoms with van der Waals surface area (Å²) in [5.74, 6) is -3.81. The van der Waals surface area contributed by atoms with E-state index >= 15 is 0 Å². The van der Waals surface area contributed by atoms with Crippen LogP contribution < -0.4 is 0 Å². The van der Waals surface area contributed by atoms with Gasteiger partial charge in [0.15, 0.2) is 28.7 Å². The SMILES string of the molecule is Cc1nc(C)c(C)c(-c2cnn(C)c2C(=O)CO)n1.Cc1nc(C)c(C)c(-c2cnn(C)c2C(=O)O)n1.Cc1ncc(F)c(-c2cnn(C)c2C(=O)CO)n1.Cc1ncc(F)c(-c2cnn(C)c2C(=O)O)n1.Cc1ncnc(-c2cnn(C)c2C(=O)CO)c1C.Cc1ncnc(-c2cnn(C)c2C(=O)O)c1C. The van der Waals surface area contributed by atoms with E-state index in [2.05, 4.69) is 90.4 Å². The molecule has 0 atom stereocenters. The quantitative estimate of drug-likeness (QED) is 0.0654. The van der Waals surface area contributed by atoms with E-state index in [1.165, 1.54) is 67.9 Å². The molecule has 0 saturated heterocycles. The molecule has 12 heterocycles. The highest BCUT2D eigenvalue weighted by atomic mass is 19.1. The summed E-state index contributed by atoms with van der Waals surface area (Å²) in [6.07, 6.45) is 13.8. The predicted molar refractivity (Wildman–Crippen MR) is 377 cm³/mol. The molecule has 6 N–H and O–H groups in total. The Kier molecular flexibility index (Phi) is 26.5. The third kappa shape index (κ3) is 18.3. The van der Waals surface area contributed by atoms with E-state index in [1.54, 1.807) is 75.3 Å². The van der Waals surface area contributed by atoms with Crippen molar-refractivity contribution in [2.24, 2.45) is 42.3 Å². The Labute approximate surface area is 608 Å². The summed E-state index contributed by atoms with van der Waals surface area (Å²) in [5, 5.41) is 78.2. The summed E-state index contributed by atoms with van der Waals surface area (Å²) in [6, 6.07) is 0. The van der Waals surface area contributed by atoms with Gasteiger partial charge in [0.05, 0.1) is 94.6 Å². The maximum atomic E-state index is 13.7. The fourth-order valence-corrected chi connectivity index (χ4v) is 10.6. The summed E-state index contributed by atoms with van der Waals surface area (Å²) in [6.45, 7) is 20.1. The first kappa shape index (κ1) is 81.2. The number of Topliss-reactive ketones (excluding diaryl/α,β-unsaturated/α-hetero) is 3. The molecule has 107 heavy (non-hydrogen) atoms. The van der Waals surface area contributed by atoms with Crippen LogP contribution in [0.15, 0.2) is 62.2 Å². The summed E-state index contributed by atoms with van der Waals surface area (Å²) >= 11 is 0. The number of hydrogen-bond acceptors (Lipinski definition) is 27. The topological polar surface area (TPSA) is 485 Å². The summed E-state index contributed by atoms with van der Waals surface area (Å²) in [7, 11) is 9.54. The van der Waals surface area contributed by atoms with Crippen LogP contribution in [0.2, 0.25) is 0 Å². The van der Waals surface area contributed by atoms with Crippen LogP contribution in [0.5, 0.6) is 0 Å². The van der Waals surface area contributed by atoms with Crippen LogP contribution in [0, 0.1) is 94.7 Å². The van der Waals surface area contributed by atoms with Crippen LogP contribution in [0.4, 0.5) is 8.78 Å². The number of carbonyl (C=O) groups excluding carboxylic acids is 3. The van der Waals surface area contributed by atoms with E-state index in [0.29, 0.717) is 79.7 Å². The predicted octanol–water partition coefficient (Wildman–Crippen LogP) is 5.86. The Morgan fingerprint density at radius 2 is 0.533 bits per heavy atom. The van der Waals surface area contributed by atoms with Crippen LogP contribution >= 0.6 is 0 Å². The number of carbonyl (C=O) groups is 6. The van der Waals surface area contributed by atoms with Crippen LogP contribution in [-0.2, 0) is 42.3 Å². The van der Waals surface area contributed by atoms with Crippen LogP contribution in [-0.4, -0.2) is 204 Å². The molecule has 558 valence electrons. The maximum Gasteiger partial charge on any atom is 0.354 e. The third-order valence-electron chi connectivity index (χ3n) is 16.4. The Hall–Kier alpha value is -13.1. The number of aromatic carboxylic acids is 3. The molecule has 12 aromatic heterocycles. The second kappa shape index (κ2) is 34.9. The summed E-state index contributed by atoms with van der Waals surface area (Å²) in [5.41, 5.74) is 13.2. The van der Waals surface area contributed by atoms with Gasteiger partial charge in [-0.15, -0.1) is 0 Å². The second-order valence-corrected chi connectivity index (χ2v) is 23.6. The zero-order chi connectivity index (χ0) is 79.3. The van der Waals surface area contributed by atoms with Crippen molar-refractivity contribution in [2.75, 3.05) is 19.8 Å². The zero-order valence-electron chi connectivity index (χ0n) is 61.5. The van der Waals surface area contributed by atoms with Crippen LogP contribution in [0.3, 0.4) is 0 Å². The minimum atomic E-state index is -1.18. The molecule has 0 aliphatic heterocycles. The van der Waals surface area contributed by atoms with E-state index in [1.807, 2.05) is 55.4 Å². The highest BCUT2D eigenvalue weighted by Gasteiger charge is 2.27. The van der Waals surface area contributed by atoms with Crippen molar-refractivity contribution >= 4 is 35.3 Å². The third-order valence-corrected chi connectivity index (χ3v) is 16.4. The highest BCUT2D eigenvalue weighted by Crippen LogP contribution is 2.31. The van der Waals surface area contributed by atoms with E-state index < -0.39 is 55.1 Å². The number of aliphatic hydroxyl groups excluding tert-OH is 3. The number of aromatic nitrogens is 24. The van der Waals surface area contributed by atoms with Crippen molar-refractivity contribution in [1.29, 1.82) is 0 Å². The van der Waals surface area contributed by atoms with E-state index in [4.69, 9.17) is 25.5 Å². The standard InChI is InChI=1S/C13H16N4O2.2C12H14N4O2.C11H11FN4O2.C11H12N4O2.C10H9FN4O2/c1-7-8(2)15-9(3)16-12(7)10-5-14-17(4)13(10)11(19)6-18;1-7-8(2)13-6-14-11(7)9-4-15-16(3)12(9)10(18)5-17;1-6-7(2)14-8(3)15-10(6)9-5-13-16(4)11(9)12(17)18;1-6-13-4-8(12)10(15-6)7-3-14-16(2)11(7)9(18)5-17;1-6-7(2)12-5-13-9(6)8-4-14-15(3)10(8)11(16)17;1-5-12-4-7(11)8(14-5)6-3-13-15(2)9(6)10(16)17/h5,18H,6H2,1-4H3;4,6,17H,5H2,1-3H3;5H,1-4H3,(H,17,18);3-4,17H,5H2,1-2H3;4-5H,1-3H3,(H,16,17);3-4H,1-2H3,(H,16,17). The summed E-state index contributed by atoms with van der Waals surface area (Å²) in [4.78, 5) is 118. The Bertz CT molecular complexity index is 5250. The Morgan fingerprint density at radius 1 is 0.299 bits per heavy atom. The minimum Gasteiger partial charge on any atom is -0.477 e. The highest BCUT2D eigenvalue weighted by molar-refractivity contribution is 6.03. The fraction of sp³-hybridized carbons (Fsp3) is 0.304. The number of carboxylic acid groups (broad SMARTS) is 3. The molecular formula is C69H76F2N24O12. The van der Waals surface area contributed by atoms with Crippen molar-refractivity contribution in [1.82, 2.24) is 118 Å². The molecule has 0 saturated carbocycles. The number of nitrogens with zero attached hydrogens (tertiary/aromatic N) is 24. The molecule has 0 aliphatic rings. The van der Waals surface area contributed by atoms with Gasteiger partial charge in [0.25, 0.3) is 0 Å². The first-order chi connectivity index (χ1) is 50.5. The molecule has 12 rings (SSSR count). The van der Waals surface area contributed by atoms with Crippen LogP contribution in [0.25, 0.3) is 67.5 Å². The molecule has 0 aliphatic carbocycles. The maximum absolute atomic E-state index is 13.7. The van der Waals surface area contributed by atoms with Gasteiger partial charge < -0.3 is 30.6 Å². The smallest absolute Gasteiger partial charge is 0.354 e. The van der Waals surface area contributed by atoms with Crippen molar-refractivity contribution in [3.05, 3.63) is 176 Å².